The fourth-order valence-electron chi connectivity index (χ4n) is 0.579. The Kier molecular flexibility index (Phi) is 2.15. The third-order valence-corrected chi connectivity index (χ3v) is 1.11. The van der Waals surface area contributed by atoms with Gasteiger partial charge in [-0.25, -0.2) is 14.4 Å². The van der Waals surface area contributed by atoms with Crippen molar-refractivity contribution in [3.8, 4) is 5.75 Å². The molecular formula is C7H7FN2O. The maximum Gasteiger partial charge on any atom is 0.177 e. The molecule has 1 N–H and O–H groups in total. The van der Waals surface area contributed by atoms with Gasteiger partial charge in [-0.1, -0.05) is 12.7 Å². The average Bonchev–Trinajstić information content (AvgIpc) is 2.05. The molecule has 1 rings (SSSR count). The van der Waals surface area contributed by atoms with Crippen molar-refractivity contribution in [2.45, 2.75) is 6.17 Å². The first-order valence-electron chi connectivity index (χ1n) is 3.01. The SMILES string of the molecule is C=CC(F)c1ncc(O)cn1. The van der Waals surface area contributed by atoms with Crippen LogP contribution in [0.2, 0.25) is 0 Å². The quantitative estimate of drug-likeness (QED) is 0.654. The molecule has 4 heteroatoms. The first kappa shape index (κ1) is 7.65. The highest BCUT2D eigenvalue weighted by atomic mass is 19.1. The molecule has 1 aromatic heterocycles. The van der Waals surface area contributed by atoms with E-state index in [0.717, 1.165) is 18.5 Å². The normalized spacial score (nSPS) is 12.5. The van der Waals surface area contributed by atoms with Gasteiger partial charge < -0.3 is 5.11 Å². The van der Waals surface area contributed by atoms with E-state index >= 15 is 0 Å². The van der Waals surface area contributed by atoms with Crippen molar-refractivity contribution in [3.63, 3.8) is 0 Å². The number of nitrogens with zero attached hydrogens (tertiary/aromatic N) is 2. The molecule has 0 aliphatic heterocycles. The molecule has 3 nitrogen and oxygen atoms in total. The van der Waals surface area contributed by atoms with Crippen molar-refractivity contribution >= 4 is 0 Å². The number of rotatable bonds is 2. The summed E-state index contributed by atoms with van der Waals surface area (Å²) in [5.74, 6) is -0.0668. The zero-order chi connectivity index (χ0) is 8.27. The molecule has 1 unspecified atom stereocenters. The van der Waals surface area contributed by atoms with Gasteiger partial charge in [0.15, 0.2) is 17.7 Å². The molecule has 11 heavy (non-hydrogen) atoms. The van der Waals surface area contributed by atoms with E-state index in [2.05, 4.69) is 16.5 Å². The van der Waals surface area contributed by atoms with Crippen molar-refractivity contribution < 1.29 is 9.50 Å². The zero-order valence-corrected chi connectivity index (χ0v) is 5.74. The van der Waals surface area contributed by atoms with Gasteiger partial charge >= 0.3 is 0 Å². The summed E-state index contributed by atoms with van der Waals surface area (Å²) in [6.07, 6.45) is 2.00. The molecule has 1 atom stereocenters. The van der Waals surface area contributed by atoms with Gasteiger partial charge in [-0.05, 0) is 0 Å². The summed E-state index contributed by atoms with van der Waals surface area (Å²) in [6, 6.07) is 0. The Morgan fingerprint density at radius 1 is 1.55 bits per heavy atom. The van der Waals surface area contributed by atoms with Gasteiger partial charge in [-0.15, -0.1) is 0 Å². The summed E-state index contributed by atoms with van der Waals surface area (Å²) >= 11 is 0. The average molecular weight is 154 g/mol. The molecule has 0 saturated carbocycles. The molecule has 1 aromatic rings. The van der Waals surface area contributed by atoms with E-state index in [1.54, 1.807) is 0 Å². The van der Waals surface area contributed by atoms with Crippen molar-refractivity contribution in [2.24, 2.45) is 0 Å². The Hall–Kier alpha value is -1.45. The maximum atomic E-state index is 12.7. The Balaban J connectivity index is 2.89. The maximum absolute atomic E-state index is 12.7. The van der Waals surface area contributed by atoms with Crippen molar-refractivity contribution in [3.05, 3.63) is 30.9 Å². The van der Waals surface area contributed by atoms with E-state index in [9.17, 15) is 4.39 Å². The fraction of sp³-hybridized carbons (Fsp3) is 0.143. The van der Waals surface area contributed by atoms with E-state index in [0.29, 0.717) is 0 Å². The molecule has 0 spiro atoms. The van der Waals surface area contributed by atoms with Crippen LogP contribution >= 0.6 is 0 Å². The van der Waals surface area contributed by atoms with Crippen molar-refractivity contribution in [2.75, 3.05) is 0 Å². The van der Waals surface area contributed by atoms with Gasteiger partial charge in [0, 0.05) is 0 Å². The van der Waals surface area contributed by atoms with Crippen molar-refractivity contribution in [1.82, 2.24) is 9.97 Å². The van der Waals surface area contributed by atoms with Gasteiger partial charge in [-0.3, -0.25) is 0 Å². The standard InChI is InChI=1S/C7H7FN2O/c1-2-6(8)7-9-3-5(11)4-10-7/h2-4,6,11H,1H2. The molecule has 0 radical (unpaired) electrons. The summed E-state index contributed by atoms with van der Waals surface area (Å²) < 4.78 is 12.7. The predicted molar refractivity (Wildman–Crippen MR) is 37.7 cm³/mol. The number of aromatic hydroxyl groups is 1. The smallest absolute Gasteiger partial charge is 0.177 e. The largest absolute Gasteiger partial charge is 0.505 e. The highest BCUT2D eigenvalue weighted by Gasteiger charge is 2.06. The lowest BCUT2D eigenvalue weighted by atomic mass is 10.3. The molecule has 1 heterocycles. The first-order valence-corrected chi connectivity index (χ1v) is 3.01. The summed E-state index contributed by atoms with van der Waals surface area (Å²) in [5, 5.41) is 8.74. The van der Waals surface area contributed by atoms with Crippen LogP contribution in [0.5, 0.6) is 5.75 Å². The zero-order valence-electron chi connectivity index (χ0n) is 5.74. The number of aromatic nitrogens is 2. The van der Waals surface area contributed by atoms with Gasteiger partial charge in [-0.2, -0.15) is 0 Å². The number of hydrogen-bond acceptors (Lipinski definition) is 3. The van der Waals surface area contributed by atoms with Gasteiger partial charge in [0.25, 0.3) is 0 Å². The number of alkyl halides is 1. The van der Waals surface area contributed by atoms with Crippen LogP contribution < -0.4 is 0 Å². The molecule has 0 aliphatic rings. The molecular weight excluding hydrogens is 147 g/mol. The summed E-state index contributed by atoms with van der Waals surface area (Å²) in [6.45, 7) is 3.24. The molecule has 58 valence electrons. The minimum atomic E-state index is -1.37. The van der Waals surface area contributed by atoms with Crippen molar-refractivity contribution in [1.29, 1.82) is 0 Å². The lowest BCUT2D eigenvalue weighted by Crippen LogP contribution is -1.94. The second-order valence-corrected chi connectivity index (χ2v) is 1.94. The third-order valence-electron chi connectivity index (χ3n) is 1.11. The highest BCUT2D eigenvalue weighted by molar-refractivity contribution is 5.11. The highest BCUT2D eigenvalue weighted by Crippen LogP contribution is 2.13. The monoisotopic (exact) mass is 154 g/mol. The topological polar surface area (TPSA) is 46.0 Å². The number of halogens is 1. The molecule has 0 amide bonds. The third kappa shape index (κ3) is 1.73. The Bertz CT molecular complexity index is 247. The molecule has 0 aliphatic carbocycles. The van der Waals surface area contributed by atoms with E-state index in [-0.39, 0.29) is 11.6 Å². The summed E-state index contributed by atoms with van der Waals surface area (Å²) in [4.78, 5) is 7.08. The van der Waals surface area contributed by atoms with Gasteiger partial charge in [0.1, 0.15) is 0 Å². The van der Waals surface area contributed by atoms with E-state index in [1.165, 1.54) is 0 Å². The van der Waals surface area contributed by atoms with Crippen LogP contribution in [0.4, 0.5) is 4.39 Å². The number of hydrogen-bond donors (Lipinski definition) is 1. The van der Waals surface area contributed by atoms with Crippen LogP contribution in [0, 0.1) is 0 Å². The van der Waals surface area contributed by atoms with Gasteiger partial charge in [0.2, 0.25) is 0 Å². The van der Waals surface area contributed by atoms with Crippen LogP contribution in [-0.2, 0) is 0 Å². The Labute approximate surface area is 63.2 Å². The summed E-state index contributed by atoms with van der Waals surface area (Å²) in [7, 11) is 0. The fourth-order valence-corrected chi connectivity index (χ4v) is 0.579. The van der Waals surface area contributed by atoms with E-state index in [4.69, 9.17) is 5.11 Å². The van der Waals surface area contributed by atoms with Crippen LogP contribution in [0.15, 0.2) is 25.0 Å². The van der Waals surface area contributed by atoms with Crippen LogP contribution in [0.1, 0.15) is 12.0 Å². The predicted octanol–water partition coefficient (Wildman–Crippen LogP) is 1.38. The second kappa shape index (κ2) is 3.09. The Morgan fingerprint density at radius 3 is 2.55 bits per heavy atom. The number of allylic oxidation sites excluding steroid dienone is 1. The second-order valence-electron chi connectivity index (χ2n) is 1.94. The van der Waals surface area contributed by atoms with E-state index in [1.807, 2.05) is 0 Å². The minimum Gasteiger partial charge on any atom is -0.505 e. The summed E-state index contributed by atoms with van der Waals surface area (Å²) in [5.41, 5.74) is 0. The van der Waals surface area contributed by atoms with Crippen LogP contribution in [0.3, 0.4) is 0 Å². The van der Waals surface area contributed by atoms with E-state index < -0.39 is 6.17 Å². The van der Waals surface area contributed by atoms with Gasteiger partial charge in [0.05, 0.1) is 12.4 Å². The molecule has 0 bridgehead atoms. The lowest BCUT2D eigenvalue weighted by Gasteiger charge is -1.98. The Morgan fingerprint density at radius 2 is 2.09 bits per heavy atom. The molecule has 0 aromatic carbocycles. The first-order chi connectivity index (χ1) is 5.24. The minimum absolute atomic E-state index is 0.0119. The van der Waals surface area contributed by atoms with Crippen LogP contribution in [-0.4, -0.2) is 15.1 Å². The molecule has 0 saturated heterocycles. The molecule has 0 fully saturated rings. The van der Waals surface area contributed by atoms with Crippen LogP contribution in [0.25, 0.3) is 0 Å². The lowest BCUT2D eigenvalue weighted by molar-refractivity contribution is 0.392.